The van der Waals surface area contributed by atoms with Gasteiger partial charge in [-0.15, -0.1) is 0 Å². The van der Waals surface area contributed by atoms with Crippen molar-refractivity contribution in [2.45, 2.75) is 44.7 Å². The van der Waals surface area contributed by atoms with E-state index in [1.165, 1.54) is 7.11 Å². The summed E-state index contributed by atoms with van der Waals surface area (Å²) in [5, 5.41) is 4.25. The fraction of sp³-hybridized carbons (Fsp3) is 0.600. The lowest BCUT2D eigenvalue weighted by Gasteiger charge is -2.28. The van der Waals surface area contributed by atoms with Crippen molar-refractivity contribution < 1.29 is 22.3 Å². The molecule has 2 aromatic heterocycles. The molecule has 0 saturated heterocycles. The molecule has 24 heavy (non-hydrogen) atoms. The number of nitrogens with zero attached hydrogens (tertiary/aromatic N) is 3. The molecule has 0 N–H and O–H groups in total. The standard InChI is InChI=1S/C15H16ClF4N3O/c1-7-12(24-2)13(16)23-14(21-7)10(17)11(22-23)8-3-5-9(6-4-8)15(18,19)20/h8-9H,3-6H2,1-2H3/t8-,9-. The second-order valence-electron chi connectivity index (χ2n) is 6.05. The van der Waals surface area contributed by atoms with Crippen LogP contribution in [0.2, 0.25) is 5.15 Å². The van der Waals surface area contributed by atoms with Crippen LogP contribution in [-0.4, -0.2) is 27.9 Å². The second-order valence-corrected chi connectivity index (χ2v) is 6.40. The van der Waals surface area contributed by atoms with Crippen LogP contribution in [0.25, 0.3) is 5.65 Å². The van der Waals surface area contributed by atoms with Crippen molar-refractivity contribution in [3.05, 3.63) is 22.4 Å². The largest absolute Gasteiger partial charge is 0.492 e. The van der Waals surface area contributed by atoms with E-state index in [-0.39, 0.29) is 48.1 Å². The zero-order valence-corrected chi connectivity index (χ0v) is 13.9. The quantitative estimate of drug-likeness (QED) is 0.573. The van der Waals surface area contributed by atoms with Gasteiger partial charge in [-0.25, -0.2) is 9.37 Å². The smallest absolute Gasteiger partial charge is 0.391 e. The van der Waals surface area contributed by atoms with E-state index in [4.69, 9.17) is 16.3 Å². The molecule has 0 aromatic carbocycles. The molecule has 1 fully saturated rings. The van der Waals surface area contributed by atoms with Gasteiger partial charge in [0.15, 0.2) is 22.4 Å². The number of aromatic nitrogens is 3. The van der Waals surface area contributed by atoms with Gasteiger partial charge in [-0.3, -0.25) is 0 Å². The van der Waals surface area contributed by atoms with Gasteiger partial charge in [0.1, 0.15) is 5.69 Å². The number of fused-ring (bicyclic) bond motifs is 1. The molecule has 2 heterocycles. The molecule has 1 saturated carbocycles. The Morgan fingerprint density at radius 3 is 2.38 bits per heavy atom. The highest BCUT2D eigenvalue weighted by atomic mass is 35.5. The Morgan fingerprint density at radius 2 is 1.83 bits per heavy atom. The lowest BCUT2D eigenvalue weighted by atomic mass is 9.80. The number of hydrogen-bond acceptors (Lipinski definition) is 3. The lowest BCUT2D eigenvalue weighted by molar-refractivity contribution is -0.182. The van der Waals surface area contributed by atoms with Crippen molar-refractivity contribution in [1.29, 1.82) is 0 Å². The van der Waals surface area contributed by atoms with Gasteiger partial charge in [0, 0.05) is 5.92 Å². The molecule has 0 amide bonds. The zero-order chi connectivity index (χ0) is 17.6. The van der Waals surface area contributed by atoms with Crippen LogP contribution in [0.5, 0.6) is 5.75 Å². The maximum Gasteiger partial charge on any atom is 0.391 e. The Kier molecular flexibility index (Phi) is 4.36. The third-order valence-electron chi connectivity index (χ3n) is 4.59. The van der Waals surface area contributed by atoms with Gasteiger partial charge in [-0.2, -0.15) is 22.8 Å². The van der Waals surface area contributed by atoms with E-state index >= 15 is 0 Å². The van der Waals surface area contributed by atoms with E-state index in [2.05, 4.69) is 10.1 Å². The molecule has 1 aliphatic carbocycles. The molecule has 2 aromatic rings. The number of hydrogen-bond donors (Lipinski definition) is 0. The van der Waals surface area contributed by atoms with Gasteiger partial charge in [0.25, 0.3) is 0 Å². The summed E-state index contributed by atoms with van der Waals surface area (Å²) in [7, 11) is 1.42. The van der Waals surface area contributed by atoms with Crippen molar-refractivity contribution in [3.63, 3.8) is 0 Å². The summed E-state index contributed by atoms with van der Waals surface area (Å²) >= 11 is 6.17. The summed E-state index contributed by atoms with van der Waals surface area (Å²) < 4.78 is 59.2. The van der Waals surface area contributed by atoms with Crippen molar-refractivity contribution in [2.24, 2.45) is 5.92 Å². The van der Waals surface area contributed by atoms with Crippen LogP contribution in [0.3, 0.4) is 0 Å². The van der Waals surface area contributed by atoms with Gasteiger partial charge in [0.2, 0.25) is 0 Å². The van der Waals surface area contributed by atoms with E-state index in [0.29, 0.717) is 11.4 Å². The van der Waals surface area contributed by atoms with E-state index in [0.717, 1.165) is 4.52 Å². The van der Waals surface area contributed by atoms with Crippen molar-refractivity contribution in [3.8, 4) is 5.75 Å². The normalized spacial score (nSPS) is 22.1. The number of rotatable bonds is 2. The molecule has 4 nitrogen and oxygen atoms in total. The Labute approximate surface area is 140 Å². The number of aryl methyl sites for hydroxylation is 1. The first-order chi connectivity index (χ1) is 11.2. The van der Waals surface area contributed by atoms with Crippen LogP contribution in [0.15, 0.2) is 0 Å². The molecule has 0 radical (unpaired) electrons. The minimum absolute atomic E-state index is 0.0228. The van der Waals surface area contributed by atoms with E-state index in [1.54, 1.807) is 6.92 Å². The minimum Gasteiger partial charge on any atom is -0.492 e. The summed E-state index contributed by atoms with van der Waals surface area (Å²) in [5.74, 6) is -2.03. The molecule has 0 spiro atoms. The summed E-state index contributed by atoms with van der Waals surface area (Å²) in [4.78, 5) is 4.11. The molecule has 1 aliphatic rings. The first kappa shape index (κ1) is 17.3. The van der Waals surface area contributed by atoms with E-state index in [9.17, 15) is 17.6 Å². The maximum absolute atomic E-state index is 14.7. The highest BCUT2D eigenvalue weighted by Crippen LogP contribution is 2.43. The molecular formula is C15H16ClF4N3O. The van der Waals surface area contributed by atoms with Crippen molar-refractivity contribution in [2.75, 3.05) is 7.11 Å². The van der Waals surface area contributed by atoms with Gasteiger partial charge in [0.05, 0.1) is 18.7 Å². The number of methoxy groups -OCH3 is 1. The van der Waals surface area contributed by atoms with Gasteiger partial charge in [-0.05, 0) is 32.6 Å². The summed E-state index contributed by atoms with van der Waals surface area (Å²) in [6, 6.07) is 0. The van der Waals surface area contributed by atoms with Crippen molar-refractivity contribution in [1.82, 2.24) is 14.6 Å². The first-order valence-corrected chi connectivity index (χ1v) is 7.96. The van der Waals surface area contributed by atoms with Gasteiger partial charge >= 0.3 is 6.18 Å². The minimum atomic E-state index is -4.20. The average Bonchev–Trinajstić information content (AvgIpc) is 2.84. The lowest BCUT2D eigenvalue weighted by Crippen LogP contribution is -2.27. The van der Waals surface area contributed by atoms with Crippen LogP contribution in [0.4, 0.5) is 17.6 Å². The summed E-state index contributed by atoms with van der Waals surface area (Å²) in [5.41, 5.74) is 0.505. The molecule has 0 unspecified atom stereocenters. The van der Waals surface area contributed by atoms with Crippen LogP contribution in [-0.2, 0) is 0 Å². The van der Waals surface area contributed by atoms with Gasteiger partial charge < -0.3 is 4.74 Å². The Morgan fingerprint density at radius 1 is 1.21 bits per heavy atom. The molecule has 3 rings (SSSR count). The Balaban J connectivity index is 1.94. The SMILES string of the molecule is COc1c(C)nc2c(F)c([C@H]3CC[C@H](C(F)(F)F)CC3)nn2c1Cl. The zero-order valence-electron chi connectivity index (χ0n) is 13.1. The Bertz CT molecular complexity index is 766. The Hall–Kier alpha value is -1.57. The van der Waals surface area contributed by atoms with Crippen molar-refractivity contribution >= 4 is 17.2 Å². The molecule has 132 valence electrons. The fourth-order valence-electron chi connectivity index (χ4n) is 3.28. The second kappa shape index (κ2) is 6.06. The van der Waals surface area contributed by atoms with Crippen LogP contribution in [0, 0.1) is 18.7 Å². The van der Waals surface area contributed by atoms with Crippen LogP contribution in [0.1, 0.15) is 43.0 Å². The third-order valence-corrected chi connectivity index (χ3v) is 4.92. The van der Waals surface area contributed by atoms with E-state index in [1.807, 2.05) is 0 Å². The predicted octanol–water partition coefficient (Wildman–Crippen LogP) is 4.67. The number of halogens is 5. The first-order valence-electron chi connectivity index (χ1n) is 7.59. The maximum atomic E-state index is 14.7. The topological polar surface area (TPSA) is 39.4 Å². The molecule has 0 bridgehead atoms. The predicted molar refractivity (Wildman–Crippen MR) is 80.0 cm³/mol. The fourth-order valence-corrected chi connectivity index (χ4v) is 3.61. The van der Waals surface area contributed by atoms with E-state index < -0.39 is 17.9 Å². The number of ether oxygens (including phenoxy) is 1. The molecule has 0 aliphatic heterocycles. The summed E-state index contributed by atoms with van der Waals surface area (Å²) in [6.45, 7) is 1.63. The van der Waals surface area contributed by atoms with Gasteiger partial charge in [-0.1, -0.05) is 11.6 Å². The highest BCUT2D eigenvalue weighted by Gasteiger charge is 2.42. The number of alkyl halides is 3. The van der Waals surface area contributed by atoms with Crippen LogP contribution >= 0.6 is 11.6 Å². The summed E-state index contributed by atoms with van der Waals surface area (Å²) in [6.07, 6.45) is -3.77. The monoisotopic (exact) mass is 365 g/mol. The molecular weight excluding hydrogens is 350 g/mol. The van der Waals surface area contributed by atoms with Crippen LogP contribution < -0.4 is 4.74 Å². The molecule has 0 atom stereocenters. The highest BCUT2D eigenvalue weighted by molar-refractivity contribution is 6.31. The average molecular weight is 366 g/mol. The molecule has 9 heteroatoms. The third kappa shape index (κ3) is 2.81.